The fourth-order valence-electron chi connectivity index (χ4n) is 3.39. The molecule has 6 nitrogen and oxygen atoms in total. The van der Waals surface area contributed by atoms with E-state index in [2.05, 4.69) is 21.4 Å². The molecule has 0 radical (unpaired) electrons. The number of likely N-dealkylation sites (tertiary alicyclic amines) is 1. The molecule has 1 aliphatic heterocycles. The number of benzene rings is 1. The van der Waals surface area contributed by atoms with E-state index in [9.17, 15) is 14.4 Å². The number of nitrogens with zero attached hydrogens (tertiary/aromatic N) is 4. The third-order valence-electron chi connectivity index (χ3n) is 4.75. The lowest BCUT2D eigenvalue weighted by Crippen LogP contribution is -2.32. The van der Waals surface area contributed by atoms with Crippen LogP contribution in [-0.2, 0) is 0 Å². The van der Waals surface area contributed by atoms with Gasteiger partial charge in [-0.3, -0.25) is 14.8 Å². The van der Waals surface area contributed by atoms with E-state index in [1.54, 1.807) is 29.3 Å². The van der Waals surface area contributed by atoms with E-state index >= 15 is 0 Å². The van der Waals surface area contributed by atoms with Gasteiger partial charge in [-0.15, -0.1) is 0 Å². The van der Waals surface area contributed by atoms with Crippen LogP contribution >= 0.6 is 11.6 Å². The minimum absolute atomic E-state index is 0.105. The lowest BCUT2D eigenvalue weighted by Gasteiger charge is -2.19. The number of halogens is 2. The van der Waals surface area contributed by atoms with Crippen LogP contribution in [0, 0.1) is 17.1 Å². The van der Waals surface area contributed by atoms with Gasteiger partial charge in [0.2, 0.25) is 0 Å². The summed E-state index contributed by atoms with van der Waals surface area (Å²) in [5.74, 6) is -0.653. The van der Waals surface area contributed by atoms with Gasteiger partial charge in [0.25, 0.3) is 5.91 Å². The van der Waals surface area contributed by atoms with E-state index in [0.717, 1.165) is 0 Å². The Morgan fingerprint density at radius 3 is 2.93 bits per heavy atom. The van der Waals surface area contributed by atoms with E-state index in [1.807, 2.05) is 0 Å². The Morgan fingerprint density at radius 1 is 1.32 bits per heavy atom. The summed E-state index contributed by atoms with van der Waals surface area (Å²) in [5, 5.41) is 13.4. The number of carbonyl (C=O) groups is 1. The Labute approximate surface area is 165 Å². The molecule has 0 bridgehead atoms. The number of amides is 1. The zero-order valence-electron chi connectivity index (χ0n) is 14.7. The predicted molar refractivity (Wildman–Crippen MR) is 104 cm³/mol. The molecule has 1 N–H and O–H groups in total. The number of nitrogens with one attached hydrogen (secondary N) is 1. The summed E-state index contributed by atoms with van der Waals surface area (Å²) in [7, 11) is 0. The molecule has 140 valence electrons. The fourth-order valence-corrected chi connectivity index (χ4v) is 3.63. The van der Waals surface area contributed by atoms with Crippen LogP contribution in [0.5, 0.6) is 0 Å². The number of carbonyl (C=O) groups excluding carboxylic acids is 1. The number of hydrogen-bond donors (Lipinski definition) is 1. The molecule has 3 heterocycles. The minimum Gasteiger partial charge on any atom is -0.379 e. The van der Waals surface area contributed by atoms with Gasteiger partial charge < -0.3 is 10.2 Å². The quantitative estimate of drug-likeness (QED) is 0.732. The molecular formula is C20H15ClFN5O. The summed E-state index contributed by atoms with van der Waals surface area (Å²) in [4.78, 5) is 22.4. The summed E-state index contributed by atoms with van der Waals surface area (Å²) in [5.41, 5.74) is 1.21. The Hall–Kier alpha value is -3.24. The van der Waals surface area contributed by atoms with E-state index in [0.29, 0.717) is 41.3 Å². The zero-order chi connectivity index (χ0) is 19.7. The highest BCUT2D eigenvalue weighted by Gasteiger charge is 2.28. The van der Waals surface area contributed by atoms with Crippen LogP contribution in [0.4, 0.5) is 10.1 Å². The molecule has 1 aliphatic rings. The summed E-state index contributed by atoms with van der Waals surface area (Å²) in [6.45, 7) is 0.997. The Balaban J connectivity index is 1.62. The lowest BCUT2D eigenvalue weighted by molar-refractivity contribution is 0.0786. The van der Waals surface area contributed by atoms with Gasteiger partial charge in [0, 0.05) is 36.9 Å². The van der Waals surface area contributed by atoms with Gasteiger partial charge in [-0.1, -0.05) is 17.7 Å². The SMILES string of the molecule is N#Cc1cnc2c(F)ccc(Cl)c2c1NC1CCN(C(=O)c2ccccn2)C1. The molecule has 3 aromatic rings. The van der Waals surface area contributed by atoms with Crippen LogP contribution in [0.3, 0.4) is 0 Å². The first-order valence-corrected chi connectivity index (χ1v) is 9.10. The van der Waals surface area contributed by atoms with Crippen molar-refractivity contribution in [3.8, 4) is 6.07 Å². The largest absolute Gasteiger partial charge is 0.379 e. The molecule has 8 heteroatoms. The van der Waals surface area contributed by atoms with Gasteiger partial charge in [0.05, 0.1) is 16.3 Å². The monoisotopic (exact) mass is 395 g/mol. The standard InChI is InChI=1S/C20H15ClFN5O/c21-14-4-5-15(22)19-17(14)18(12(9-23)10-25-19)26-13-6-8-27(11-13)20(28)16-3-1-2-7-24-16/h1-5,7,10,13H,6,8,11H2,(H,25,26). The molecule has 1 unspecified atom stereocenters. The van der Waals surface area contributed by atoms with Gasteiger partial charge in [-0.25, -0.2) is 4.39 Å². The van der Waals surface area contributed by atoms with Gasteiger partial charge in [0.1, 0.15) is 23.1 Å². The molecule has 1 saturated heterocycles. The summed E-state index contributed by atoms with van der Waals surface area (Å²) >= 11 is 6.28. The first-order valence-electron chi connectivity index (χ1n) is 8.72. The maximum atomic E-state index is 14.2. The number of fused-ring (bicyclic) bond motifs is 1. The molecule has 1 atom stereocenters. The molecule has 0 aliphatic carbocycles. The summed E-state index contributed by atoms with van der Waals surface area (Å²) < 4.78 is 14.2. The van der Waals surface area contributed by atoms with Crippen LogP contribution in [0.15, 0.2) is 42.7 Å². The molecule has 1 aromatic carbocycles. The van der Waals surface area contributed by atoms with Gasteiger partial charge >= 0.3 is 0 Å². The van der Waals surface area contributed by atoms with Crippen LogP contribution in [0.25, 0.3) is 10.9 Å². The number of pyridine rings is 2. The molecule has 0 saturated carbocycles. The van der Waals surface area contributed by atoms with Crippen molar-refractivity contribution in [2.45, 2.75) is 12.5 Å². The van der Waals surface area contributed by atoms with Gasteiger partial charge in [-0.2, -0.15) is 5.26 Å². The Morgan fingerprint density at radius 2 is 2.18 bits per heavy atom. The molecule has 2 aromatic heterocycles. The molecule has 28 heavy (non-hydrogen) atoms. The van der Waals surface area contributed by atoms with Gasteiger partial charge in [-0.05, 0) is 30.7 Å². The maximum absolute atomic E-state index is 14.2. The van der Waals surface area contributed by atoms with Crippen molar-refractivity contribution >= 4 is 34.1 Å². The fraction of sp³-hybridized carbons (Fsp3) is 0.200. The Kier molecular flexibility index (Phi) is 4.80. The van der Waals surface area contributed by atoms with Crippen molar-refractivity contribution in [3.05, 3.63) is 64.8 Å². The van der Waals surface area contributed by atoms with Crippen molar-refractivity contribution in [2.24, 2.45) is 0 Å². The van der Waals surface area contributed by atoms with Crippen LogP contribution in [0.1, 0.15) is 22.5 Å². The normalized spacial score (nSPS) is 16.2. The first kappa shape index (κ1) is 18.1. The molecular weight excluding hydrogens is 381 g/mol. The highest BCUT2D eigenvalue weighted by atomic mass is 35.5. The van der Waals surface area contributed by atoms with Crippen molar-refractivity contribution < 1.29 is 9.18 Å². The molecule has 0 spiro atoms. The number of anilines is 1. The topological polar surface area (TPSA) is 81.9 Å². The van der Waals surface area contributed by atoms with E-state index in [-0.39, 0.29) is 23.0 Å². The zero-order valence-corrected chi connectivity index (χ0v) is 15.4. The van der Waals surface area contributed by atoms with Crippen LogP contribution < -0.4 is 5.32 Å². The highest BCUT2D eigenvalue weighted by Crippen LogP contribution is 2.34. The number of nitriles is 1. The molecule has 4 rings (SSSR count). The molecule has 1 fully saturated rings. The average Bonchev–Trinajstić information content (AvgIpc) is 3.19. The van der Waals surface area contributed by atoms with E-state index < -0.39 is 5.82 Å². The number of rotatable bonds is 3. The third kappa shape index (κ3) is 3.23. The Bertz CT molecular complexity index is 1100. The second-order valence-electron chi connectivity index (χ2n) is 6.51. The minimum atomic E-state index is -0.509. The van der Waals surface area contributed by atoms with Crippen molar-refractivity contribution in [3.63, 3.8) is 0 Å². The first-order chi connectivity index (χ1) is 13.6. The second kappa shape index (κ2) is 7.41. The number of aromatic nitrogens is 2. The lowest BCUT2D eigenvalue weighted by atomic mass is 10.1. The smallest absolute Gasteiger partial charge is 0.272 e. The van der Waals surface area contributed by atoms with Crippen molar-refractivity contribution in [1.82, 2.24) is 14.9 Å². The van der Waals surface area contributed by atoms with Crippen LogP contribution in [0.2, 0.25) is 5.02 Å². The maximum Gasteiger partial charge on any atom is 0.272 e. The highest BCUT2D eigenvalue weighted by molar-refractivity contribution is 6.36. The predicted octanol–water partition coefficient (Wildman–Crippen LogP) is 3.62. The van der Waals surface area contributed by atoms with E-state index in [4.69, 9.17) is 11.6 Å². The second-order valence-corrected chi connectivity index (χ2v) is 6.91. The van der Waals surface area contributed by atoms with Crippen molar-refractivity contribution in [2.75, 3.05) is 18.4 Å². The van der Waals surface area contributed by atoms with Crippen molar-refractivity contribution in [1.29, 1.82) is 5.26 Å². The molecule has 1 amide bonds. The average molecular weight is 396 g/mol. The third-order valence-corrected chi connectivity index (χ3v) is 5.06. The summed E-state index contributed by atoms with van der Waals surface area (Å²) in [6.07, 6.45) is 3.59. The summed E-state index contributed by atoms with van der Waals surface area (Å²) in [6, 6.07) is 9.86. The number of hydrogen-bond acceptors (Lipinski definition) is 5. The van der Waals surface area contributed by atoms with Gasteiger partial charge in [0.15, 0.2) is 0 Å². The van der Waals surface area contributed by atoms with Crippen LogP contribution in [-0.4, -0.2) is 39.9 Å². The van der Waals surface area contributed by atoms with E-state index in [1.165, 1.54) is 18.3 Å².